The predicted octanol–water partition coefficient (Wildman–Crippen LogP) is 0.361. The number of hydrogen-bond acceptors (Lipinski definition) is 4. The molecule has 1 unspecified atom stereocenters. The molecule has 104 valence electrons. The van der Waals surface area contributed by atoms with Gasteiger partial charge >= 0.3 is 5.97 Å². The largest absolute Gasteiger partial charge is 0.481 e. The van der Waals surface area contributed by atoms with Gasteiger partial charge in [-0.15, -0.1) is 0 Å². The van der Waals surface area contributed by atoms with E-state index in [4.69, 9.17) is 14.6 Å². The molecule has 1 atom stereocenters. The molecule has 1 N–H and O–H groups in total. The molecule has 0 aromatic heterocycles. The van der Waals surface area contributed by atoms with Crippen LogP contribution in [0.15, 0.2) is 0 Å². The minimum Gasteiger partial charge on any atom is -0.481 e. The number of ether oxygens (including phenoxy) is 2. The van der Waals surface area contributed by atoms with Crippen LogP contribution < -0.4 is 0 Å². The number of carbonyl (C=O) groups is 2. The zero-order valence-corrected chi connectivity index (χ0v) is 10.9. The summed E-state index contributed by atoms with van der Waals surface area (Å²) in [5, 5.41) is 8.88. The molecule has 0 aromatic rings. The number of carboxylic acids is 1. The molecule has 1 amide bonds. The van der Waals surface area contributed by atoms with E-state index in [1.165, 1.54) is 0 Å². The first kappa shape index (κ1) is 14.9. The third kappa shape index (κ3) is 5.01. The van der Waals surface area contributed by atoms with Gasteiger partial charge in [-0.25, -0.2) is 0 Å². The highest BCUT2D eigenvalue weighted by Gasteiger charge is 2.34. The summed E-state index contributed by atoms with van der Waals surface area (Å²) in [7, 11) is 1.57. The Morgan fingerprint density at radius 3 is 2.56 bits per heavy atom. The molecule has 6 nitrogen and oxygen atoms in total. The Morgan fingerprint density at radius 1 is 1.39 bits per heavy atom. The molecule has 1 aliphatic rings. The normalized spacial score (nSPS) is 16.3. The second-order valence-electron chi connectivity index (χ2n) is 4.56. The summed E-state index contributed by atoms with van der Waals surface area (Å²) < 4.78 is 9.99. The van der Waals surface area contributed by atoms with E-state index < -0.39 is 11.9 Å². The summed E-state index contributed by atoms with van der Waals surface area (Å²) in [6.07, 6.45) is 1.91. The standard InChI is InChI=1S/C12H21NO5/c1-9(12(15)16)7-13(10-3-4-10)11(14)8-18-6-5-17-2/h9-10H,3-8H2,1-2H3,(H,15,16). The molecule has 6 heteroatoms. The van der Waals surface area contributed by atoms with Crippen LogP contribution in [0.4, 0.5) is 0 Å². The topological polar surface area (TPSA) is 76.1 Å². The fraction of sp³-hybridized carbons (Fsp3) is 0.833. The van der Waals surface area contributed by atoms with Gasteiger partial charge in [0.1, 0.15) is 6.61 Å². The quantitative estimate of drug-likeness (QED) is 0.605. The molecule has 0 aliphatic heterocycles. The van der Waals surface area contributed by atoms with Gasteiger partial charge in [-0.3, -0.25) is 9.59 Å². The lowest BCUT2D eigenvalue weighted by Gasteiger charge is -2.24. The predicted molar refractivity (Wildman–Crippen MR) is 64.2 cm³/mol. The number of rotatable bonds is 9. The summed E-state index contributed by atoms with van der Waals surface area (Å²) in [6, 6.07) is 0.199. The lowest BCUT2D eigenvalue weighted by atomic mass is 10.1. The van der Waals surface area contributed by atoms with Gasteiger partial charge < -0.3 is 19.5 Å². The molecule has 0 saturated heterocycles. The molecular formula is C12H21NO5. The Hall–Kier alpha value is -1.14. The monoisotopic (exact) mass is 259 g/mol. The molecule has 0 aromatic carbocycles. The van der Waals surface area contributed by atoms with E-state index in [1.54, 1.807) is 18.9 Å². The molecule has 1 fully saturated rings. The van der Waals surface area contributed by atoms with E-state index in [0.29, 0.717) is 13.2 Å². The van der Waals surface area contributed by atoms with Crippen molar-refractivity contribution in [2.75, 3.05) is 33.5 Å². The Bertz CT molecular complexity index is 290. The van der Waals surface area contributed by atoms with Gasteiger partial charge in [0, 0.05) is 19.7 Å². The Morgan fingerprint density at radius 2 is 2.06 bits per heavy atom. The Labute approximate surface area is 107 Å². The summed E-state index contributed by atoms with van der Waals surface area (Å²) in [4.78, 5) is 24.4. The number of hydrogen-bond donors (Lipinski definition) is 1. The van der Waals surface area contributed by atoms with Crippen molar-refractivity contribution in [2.45, 2.75) is 25.8 Å². The SMILES string of the molecule is COCCOCC(=O)N(CC(C)C(=O)O)C1CC1. The van der Waals surface area contributed by atoms with E-state index in [9.17, 15) is 9.59 Å². The highest BCUT2D eigenvalue weighted by atomic mass is 16.5. The summed E-state index contributed by atoms with van der Waals surface area (Å²) in [5.41, 5.74) is 0. The van der Waals surface area contributed by atoms with Crippen molar-refractivity contribution in [1.29, 1.82) is 0 Å². The van der Waals surface area contributed by atoms with Crippen molar-refractivity contribution in [2.24, 2.45) is 5.92 Å². The highest BCUT2D eigenvalue weighted by molar-refractivity contribution is 5.79. The van der Waals surface area contributed by atoms with Crippen molar-refractivity contribution in [1.82, 2.24) is 4.90 Å². The molecule has 1 saturated carbocycles. The van der Waals surface area contributed by atoms with E-state index >= 15 is 0 Å². The third-order valence-electron chi connectivity index (χ3n) is 2.86. The molecule has 18 heavy (non-hydrogen) atoms. The molecule has 0 spiro atoms. The molecule has 0 heterocycles. The van der Waals surface area contributed by atoms with Crippen molar-refractivity contribution in [3.63, 3.8) is 0 Å². The fourth-order valence-corrected chi connectivity index (χ4v) is 1.60. The second kappa shape index (κ2) is 7.33. The van der Waals surface area contributed by atoms with Crippen LogP contribution in [0, 0.1) is 5.92 Å². The van der Waals surface area contributed by atoms with Gasteiger partial charge in [0.05, 0.1) is 19.1 Å². The first-order valence-corrected chi connectivity index (χ1v) is 6.15. The van der Waals surface area contributed by atoms with Crippen molar-refractivity contribution in [3.05, 3.63) is 0 Å². The zero-order chi connectivity index (χ0) is 13.5. The molecule has 0 radical (unpaired) electrons. The molecule has 1 aliphatic carbocycles. The van der Waals surface area contributed by atoms with Crippen LogP contribution in [0.25, 0.3) is 0 Å². The van der Waals surface area contributed by atoms with Crippen LogP contribution >= 0.6 is 0 Å². The van der Waals surface area contributed by atoms with Gasteiger partial charge in [-0.1, -0.05) is 6.92 Å². The number of aliphatic carboxylic acids is 1. The number of amides is 1. The third-order valence-corrected chi connectivity index (χ3v) is 2.86. The maximum absolute atomic E-state index is 11.9. The van der Waals surface area contributed by atoms with Crippen LogP contribution in [0.5, 0.6) is 0 Å². The summed E-state index contributed by atoms with van der Waals surface area (Å²) in [6.45, 7) is 2.67. The van der Waals surface area contributed by atoms with E-state index in [1.807, 2.05) is 0 Å². The molecule has 0 bridgehead atoms. The van der Waals surface area contributed by atoms with Gasteiger partial charge in [0.2, 0.25) is 5.91 Å². The minimum absolute atomic E-state index is 0.00774. The lowest BCUT2D eigenvalue weighted by molar-refractivity contribution is -0.144. The summed E-state index contributed by atoms with van der Waals surface area (Å²) in [5.74, 6) is -1.57. The van der Waals surface area contributed by atoms with Crippen LogP contribution in [0.1, 0.15) is 19.8 Å². The van der Waals surface area contributed by atoms with E-state index in [0.717, 1.165) is 12.8 Å². The molecular weight excluding hydrogens is 238 g/mol. The maximum Gasteiger partial charge on any atom is 0.308 e. The highest BCUT2D eigenvalue weighted by Crippen LogP contribution is 2.27. The number of nitrogens with zero attached hydrogens (tertiary/aromatic N) is 1. The molecule has 1 rings (SSSR count). The zero-order valence-electron chi connectivity index (χ0n) is 10.9. The van der Waals surface area contributed by atoms with Crippen LogP contribution in [-0.4, -0.2) is 61.4 Å². The first-order chi connectivity index (χ1) is 8.56. The number of carbonyl (C=O) groups excluding carboxylic acids is 1. The van der Waals surface area contributed by atoms with Crippen LogP contribution in [-0.2, 0) is 19.1 Å². The van der Waals surface area contributed by atoms with Gasteiger partial charge in [-0.05, 0) is 12.8 Å². The Kier molecular flexibility index (Phi) is 6.07. The van der Waals surface area contributed by atoms with Gasteiger partial charge in [0.15, 0.2) is 0 Å². The van der Waals surface area contributed by atoms with Crippen molar-refractivity contribution < 1.29 is 24.2 Å². The van der Waals surface area contributed by atoms with E-state index in [-0.39, 0.29) is 25.1 Å². The average molecular weight is 259 g/mol. The second-order valence-corrected chi connectivity index (χ2v) is 4.56. The average Bonchev–Trinajstić information content (AvgIpc) is 3.15. The minimum atomic E-state index is -0.881. The van der Waals surface area contributed by atoms with E-state index in [2.05, 4.69) is 0 Å². The van der Waals surface area contributed by atoms with Crippen LogP contribution in [0.2, 0.25) is 0 Å². The number of methoxy groups -OCH3 is 1. The van der Waals surface area contributed by atoms with Crippen LogP contribution in [0.3, 0.4) is 0 Å². The van der Waals surface area contributed by atoms with Crippen molar-refractivity contribution in [3.8, 4) is 0 Å². The lowest BCUT2D eigenvalue weighted by Crippen LogP contribution is -2.40. The fourth-order valence-electron chi connectivity index (χ4n) is 1.60. The van der Waals surface area contributed by atoms with Gasteiger partial charge in [0.25, 0.3) is 0 Å². The Balaban J connectivity index is 2.36. The smallest absolute Gasteiger partial charge is 0.308 e. The summed E-state index contributed by atoms with van der Waals surface area (Å²) >= 11 is 0. The first-order valence-electron chi connectivity index (χ1n) is 6.15. The maximum atomic E-state index is 11.9. The van der Waals surface area contributed by atoms with Crippen molar-refractivity contribution >= 4 is 11.9 Å². The van der Waals surface area contributed by atoms with Gasteiger partial charge in [-0.2, -0.15) is 0 Å². The number of carboxylic acid groups (broad SMARTS) is 1.